The number of aryl methyl sites for hydroxylation is 1. The Morgan fingerprint density at radius 1 is 1.09 bits per heavy atom. The number of nitrogens with one attached hydrogen (secondary N) is 1. The minimum atomic E-state index is 0.454. The van der Waals surface area contributed by atoms with Gasteiger partial charge in [-0.05, 0) is 30.7 Å². The van der Waals surface area contributed by atoms with E-state index in [1.807, 2.05) is 42.5 Å². The Morgan fingerprint density at radius 2 is 1.86 bits per heavy atom. The van der Waals surface area contributed by atoms with Gasteiger partial charge in [0.2, 0.25) is 0 Å². The van der Waals surface area contributed by atoms with E-state index >= 15 is 0 Å². The zero-order chi connectivity index (χ0) is 15.2. The molecule has 22 heavy (non-hydrogen) atoms. The maximum atomic E-state index is 5.87. The number of benzene rings is 2. The van der Waals surface area contributed by atoms with Crippen LogP contribution in [0.3, 0.4) is 0 Å². The number of aromatic nitrogens is 1. The smallest absolute Gasteiger partial charge is 0.193 e. The number of hydrogen-bond acceptors (Lipinski definition) is 3. The zero-order valence-corrected chi connectivity index (χ0v) is 13.0. The van der Waals surface area contributed by atoms with Gasteiger partial charge in [0.1, 0.15) is 0 Å². The number of aliphatic imine (C=N–C) groups is 1. The van der Waals surface area contributed by atoms with Crippen LogP contribution in [0.1, 0.15) is 11.4 Å². The molecule has 5 heteroatoms. The van der Waals surface area contributed by atoms with E-state index in [0.29, 0.717) is 12.5 Å². The fraction of sp³-hybridized carbons (Fsp3) is 0.176. The van der Waals surface area contributed by atoms with E-state index in [1.165, 1.54) is 4.70 Å². The molecule has 3 N–H and O–H groups in total. The molecule has 1 aromatic heterocycles. The molecular weight excluding hydrogens is 292 g/mol. The molecule has 0 bridgehead atoms. The summed E-state index contributed by atoms with van der Waals surface area (Å²) in [5.41, 5.74) is 7.91. The predicted molar refractivity (Wildman–Crippen MR) is 94.5 cm³/mol. The molecule has 0 fully saturated rings. The van der Waals surface area contributed by atoms with E-state index in [0.717, 1.165) is 29.1 Å². The molecule has 112 valence electrons. The molecule has 0 saturated heterocycles. The van der Waals surface area contributed by atoms with Gasteiger partial charge in [-0.2, -0.15) is 0 Å². The SMILES string of the molecule is NC(=NCCCc1nc2ccccc2s1)Nc1ccccc1. The first kappa shape index (κ1) is 14.5. The summed E-state index contributed by atoms with van der Waals surface area (Å²) in [4.78, 5) is 8.97. The van der Waals surface area contributed by atoms with Crippen LogP contribution < -0.4 is 11.1 Å². The van der Waals surface area contributed by atoms with Crippen LogP contribution in [0.5, 0.6) is 0 Å². The van der Waals surface area contributed by atoms with Crippen molar-refractivity contribution in [3.05, 3.63) is 59.6 Å². The highest BCUT2D eigenvalue weighted by atomic mass is 32.1. The van der Waals surface area contributed by atoms with Gasteiger partial charge in [-0.15, -0.1) is 11.3 Å². The van der Waals surface area contributed by atoms with Gasteiger partial charge < -0.3 is 11.1 Å². The van der Waals surface area contributed by atoms with E-state index in [-0.39, 0.29) is 0 Å². The molecule has 3 rings (SSSR count). The third-order valence-electron chi connectivity index (χ3n) is 3.22. The molecule has 3 aromatic rings. The summed E-state index contributed by atoms with van der Waals surface area (Å²) >= 11 is 1.75. The van der Waals surface area contributed by atoms with Crippen molar-refractivity contribution in [2.45, 2.75) is 12.8 Å². The van der Waals surface area contributed by atoms with Gasteiger partial charge in [0.05, 0.1) is 15.2 Å². The van der Waals surface area contributed by atoms with Crippen LogP contribution >= 0.6 is 11.3 Å². The molecule has 0 aliphatic rings. The average Bonchev–Trinajstić information content (AvgIpc) is 2.95. The first-order chi connectivity index (χ1) is 10.8. The summed E-state index contributed by atoms with van der Waals surface area (Å²) in [5, 5.41) is 4.24. The second kappa shape index (κ2) is 7.04. The number of rotatable bonds is 5. The molecule has 1 heterocycles. The maximum absolute atomic E-state index is 5.87. The summed E-state index contributed by atoms with van der Waals surface area (Å²) in [5.74, 6) is 0.454. The number of para-hydroxylation sites is 2. The van der Waals surface area contributed by atoms with Crippen molar-refractivity contribution < 1.29 is 0 Å². The number of nitrogens with zero attached hydrogens (tertiary/aromatic N) is 2. The topological polar surface area (TPSA) is 63.3 Å². The standard InChI is InChI=1S/C17H18N4S/c18-17(20-13-7-2-1-3-8-13)19-12-6-11-16-21-14-9-4-5-10-15(14)22-16/h1-5,7-10H,6,11-12H2,(H3,18,19,20). The minimum absolute atomic E-state index is 0.454. The number of hydrogen-bond donors (Lipinski definition) is 2. The van der Waals surface area contributed by atoms with Gasteiger partial charge in [-0.3, -0.25) is 4.99 Å². The Morgan fingerprint density at radius 3 is 2.68 bits per heavy atom. The van der Waals surface area contributed by atoms with Crippen molar-refractivity contribution in [2.24, 2.45) is 10.7 Å². The molecule has 0 radical (unpaired) electrons. The summed E-state index contributed by atoms with van der Waals surface area (Å²) in [6.07, 6.45) is 1.87. The molecule has 0 aliphatic heterocycles. The predicted octanol–water partition coefficient (Wildman–Crippen LogP) is 3.66. The van der Waals surface area contributed by atoms with Crippen LogP contribution in [0.4, 0.5) is 5.69 Å². The number of fused-ring (bicyclic) bond motifs is 1. The Hall–Kier alpha value is -2.40. The van der Waals surface area contributed by atoms with Crippen molar-refractivity contribution >= 4 is 33.2 Å². The van der Waals surface area contributed by atoms with Crippen molar-refractivity contribution in [2.75, 3.05) is 11.9 Å². The molecule has 0 aliphatic carbocycles. The first-order valence-corrected chi connectivity index (χ1v) is 8.09. The van der Waals surface area contributed by atoms with Gasteiger partial charge in [-0.1, -0.05) is 30.3 Å². The lowest BCUT2D eigenvalue weighted by atomic mass is 10.3. The third kappa shape index (κ3) is 3.83. The van der Waals surface area contributed by atoms with Crippen molar-refractivity contribution in [3.8, 4) is 0 Å². The van der Waals surface area contributed by atoms with Gasteiger partial charge in [0.25, 0.3) is 0 Å². The molecule has 0 unspecified atom stereocenters. The zero-order valence-electron chi connectivity index (χ0n) is 12.2. The van der Waals surface area contributed by atoms with Crippen LogP contribution in [0.2, 0.25) is 0 Å². The number of thiazole rings is 1. The highest BCUT2D eigenvalue weighted by Crippen LogP contribution is 2.22. The maximum Gasteiger partial charge on any atom is 0.193 e. The summed E-state index contributed by atoms with van der Waals surface area (Å²) < 4.78 is 1.24. The Kier molecular flexibility index (Phi) is 4.65. The van der Waals surface area contributed by atoms with Crippen LogP contribution in [0.25, 0.3) is 10.2 Å². The highest BCUT2D eigenvalue weighted by Gasteiger charge is 2.02. The number of guanidine groups is 1. The van der Waals surface area contributed by atoms with E-state index < -0.39 is 0 Å². The lowest BCUT2D eigenvalue weighted by Gasteiger charge is -2.04. The highest BCUT2D eigenvalue weighted by molar-refractivity contribution is 7.18. The van der Waals surface area contributed by atoms with Gasteiger partial charge in [0, 0.05) is 18.7 Å². The normalized spacial score (nSPS) is 11.7. The second-order valence-electron chi connectivity index (χ2n) is 4.94. The van der Waals surface area contributed by atoms with Crippen LogP contribution in [-0.4, -0.2) is 17.5 Å². The molecule has 0 atom stereocenters. The lowest BCUT2D eigenvalue weighted by Crippen LogP contribution is -2.22. The largest absolute Gasteiger partial charge is 0.370 e. The first-order valence-electron chi connectivity index (χ1n) is 7.28. The molecule has 2 aromatic carbocycles. The molecule has 0 spiro atoms. The molecular formula is C17H18N4S. The fourth-order valence-electron chi connectivity index (χ4n) is 2.17. The Bertz CT molecular complexity index is 731. The van der Waals surface area contributed by atoms with Gasteiger partial charge in [-0.25, -0.2) is 4.98 Å². The van der Waals surface area contributed by atoms with Gasteiger partial charge in [0.15, 0.2) is 5.96 Å². The quantitative estimate of drug-likeness (QED) is 0.429. The summed E-state index contributed by atoms with van der Waals surface area (Å²) in [6.45, 7) is 0.696. The van der Waals surface area contributed by atoms with Crippen LogP contribution in [0, 0.1) is 0 Å². The number of anilines is 1. The van der Waals surface area contributed by atoms with E-state index in [2.05, 4.69) is 27.4 Å². The lowest BCUT2D eigenvalue weighted by molar-refractivity contribution is 0.827. The van der Waals surface area contributed by atoms with Gasteiger partial charge >= 0.3 is 0 Å². The van der Waals surface area contributed by atoms with Crippen molar-refractivity contribution in [1.29, 1.82) is 0 Å². The summed E-state index contributed by atoms with van der Waals surface area (Å²) in [6, 6.07) is 18.0. The second-order valence-corrected chi connectivity index (χ2v) is 6.05. The fourth-order valence-corrected chi connectivity index (χ4v) is 3.17. The van der Waals surface area contributed by atoms with Crippen molar-refractivity contribution in [1.82, 2.24) is 4.98 Å². The van der Waals surface area contributed by atoms with E-state index in [4.69, 9.17) is 5.73 Å². The minimum Gasteiger partial charge on any atom is -0.370 e. The van der Waals surface area contributed by atoms with Crippen LogP contribution in [-0.2, 0) is 6.42 Å². The molecule has 4 nitrogen and oxygen atoms in total. The van der Waals surface area contributed by atoms with Crippen LogP contribution in [0.15, 0.2) is 59.6 Å². The van der Waals surface area contributed by atoms with E-state index in [9.17, 15) is 0 Å². The molecule has 0 amide bonds. The number of nitrogens with two attached hydrogens (primary N) is 1. The molecule has 0 saturated carbocycles. The van der Waals surface area contributed by atoms with E-state index in [1.54, 1.807) is 11.3 Å². The Labute approximate surface area is 133 Å². The Balaban J connectivity index is 1.49. The average molecular weight is 310 g/mol. The third-order valence-corrected chi connectivity index (χ3v) is 4.31. The monoisotopic (exact) mass is 310 g/mol. The van der Waals surface area contributed by atoms with Crippen molar-refractivity contribution in [3.63, 3.8) is 0 Å². The summed E-state index contributed by atoms with van der Waals surface area (Å²) in [7, 11) is 0.